The third kappa shape index (κ3) is 3.82. The monoisotopic (exact) mass is 405 g/mol. The van der Waals surface area contributed by atoms with Crippen LogP contribution in [0.1, 0.15) is 46.6 Å². The molecule has 0 radical (unpaired) electrons. The van der Waals surface area contributed by atoms with Gasteiger partial charge in [0.1, 0.15) is 11.6 Å². The van der Waals surface area contributed by atoms with Crippen molar-refractivity contribution in [3.05, 3.63) is 69.3 Å². The van der Waals surface area contributed by atoms with Crippen LogP contribution in [0.25, 0.3) is 10.9 Å². The first-order chi connectivity index (χ1) is 14.5. The Morgan fingerprint density at radius 1 is 1.17 bits per heavy atom. The van der Waals surface area contributed by atoms with Crippen molar-refractivity contribution in [1.82, 2.24) is 14.5 Å². The zero-order chi connectivity index (χ0) is 21.3. The van der Waals surface area contributed by atoms with Crippen LogP contribution in [0.2, 0.25) is 0 Å². The number of ether oxygens (including phenoxy) is 1. The van der Waals surface area contributed by atoms with E-state index >= 15 is 0 Å². The van der Waals surface area contributed by atoms with Gasteiger partial charge in [-0.3, -0.25) is 14.2 Å². The van der Waals surface area contributed by atoms with Crippen molar-refractivity contribution in [1.29, 1.82) is 0 Å². The fraction of sp³-hybridized carbons (Fsp3) is 0.375. The summed E-state index contributed by atoms with van der Waals surface area (Å²) in [6.07, 6.45) is 3.95. The van der Waals surface area contributed by atoms with Crippen molar-refractivity contribution in [3.63, 3.8) is 0 Å². The molecular formula is C24H27N3O3. The van der Waals surface area contributed by atoms with Crippen LogP contribution in [-0.2, 0) is 19.5 Å². The van der Waals surface area contributed by atoms with Crippen molar-refractivity contribution in [3.8, 4) is 5.75 Å². The van der Waals surface area contributed by atoms with Gasteiger partial charge in [0.15, 0.2) is 0 Å². The minimum atomic E-state index is -0.114. The summed E-state index contributed by atoms with van der Waals surface area (Å²) in [5.41, 5.74) is 3.19. The van der Waals surface area contributed by atoms with Crippen molar-refractivity contribution < 1.29 is 9.53 Å². The van der Waals surface area contributed by atoms with Crippen LogP contribution in [0.15, 0.2) is 41.2 Å². The molecule has 0 spiro atoms. The van der Waals surface area contributed by atoms with Gasteiger partial charge in [-0.25, -0.2) is 4.98 Å². The number of hydrogen-bond acceptors (Lipinski definition) is 4. The third-order valence-electron chi connectivity index (χ3n) is 5.75. The highest BCUT2D eigenvalue weighted by molar-refractivity contribution is 5.97. The fourth-order valence-electron chi connectivity index (χ4n) is 4.13. The van der Waals surface area contributed by atoms with Gasteiger partial charge in [-0.05, 0) is 44.0 Å². The van der Waals surface area contributed by atoms with Crippen LogP contribution in [0.3, 0.4) is 0 Å². The molecular weight excluding hydrogens is 378 g/mol. The smallest absolute Gasteiger partial charge is 0.261 e. The van der Waals surface area contributed by atoms with Gasteiger partial charge >= 0.3 is 0 Å². The second-order valence-electron chi connectivity index (χ2n) is 8.00. The van der Waals surface area contributed by atoms with Crippen LogP contribution in [0.4, 0.5) is 0 Å². The summed E-state index contributed by atoms with van der Waals surface area (Å²) in [6.45, 7) is 3.17. The molecule has 1 aliphatic rings. The Morgan fingerprint density at radius 2 is 2.00 bits per heavy atom. The Bertz CT molecular complexity index is 1170. The Hall–Kier alpha value is -3.15. The Morgan fingerprint density at radius 3 is 2.80 bits per heavy atom. The molecule has 2 aromatic carbocycles. The van der Waals surface area contributed by atoms with Crippen LogP contribution < -0.4 is 10.3 Å². The summed E-state index contributed by atoms with van der Waals surface area (Å²) in [4.78, 5) is 32.4. The summed E-state index contributed by atoms with van der Waals surface area (Å²) in [7, 11) is 3.40. The van der Waals surface area contributed by atoms with E-state index in [2.05, 4.69) is 0 Å². The minimum absolute atomic E-state index is 0.00579. The zero-order valence-corrected chi connectivity index (χ0v) is 17.8. The molecule has 156 valence electrons. The molecule has 0 aliphatic carbocycles. The maximum atomic E-state index is 13.1. The number of benzene rings is 2. The molecule has 0 saturated heterocycles. The molecule has 1 aliphatic heterocycles. The first kappa shape index (κ1) is 20.1. The number of aromatic nitrogens is 2. The van der Waals surface area contributed by atoms with E-state index in [1.54, 1.807) is 41.8 Å². The highest BCUT2D eigenvalue weighted by Gasteiger charge is 2.18. The maximum absolute atomic E-state index is 13.1. The number of nitrogens with zero attached hydrogens (tertiary/aromatic N) is 3. The van der Waals surface area contributed by atoms with Crippen molar-refractivity contribution in [2.75, 3.05) is 14.2 Å². The molecule has 2 heterocycles. The Kier molecular flexibility index (Phi) is 5.57. The van der Waals surface area contributed by atoms with Crippen molar-refractivity contribution >= 4 is 16.8 Å². The predicted octanol–water partition coefficient (Wildman–Crippen LogP) is 3.71. The molecule has 30 heavy (non-hydrogen) atoms. The number of amides is 1. The van der Waals surface area contributed by atoms with Gasteiger partial charge in [0.25, 0.3) is 11.5 Å². The lowest BCUT2D eigenvalue weighted by Crippen LogP contribution is -2.27. The number of hydrogen-bond donors (Lipinski definition) is 0. The lowest BCUT2D eigenvalue weighted by molar-refractivity contribution is 0.0784. The summed E-state index contributed by atoms with van der Waals surface area (Å²) in [5.74, 6) is 1.47. The molecule has 0 unspecified atom stereocenters. The van der Waals surface area contributed by atoms with Gasteiger partial charge in [0.2, 0.25) is 0 Å². The average Bonchev–Trinajstić information content (AvgIpc) is 2.99. The molecule has 0 bridgehead atoms. The molecule has 0 atom stereocenters. The highest BCUT2D eigenvalue weighted by Crippen LogP contribution is 2.22. The minimum Gasteiger partial charge on any atom is -0.496 e. The lowest BCUT2D eigenvalue weighted by atomic mass is 10.1. The van der Waals surface area contributed by atoms with E-state index in [-0.39, 0.29) is 11.5 Å². The summed E-state index contributed by atoms with van der Waals surface area (Å²) in [5, 5.41) is 0.570. The predicted molar refractivity (Wildman–Crippen MR) is 117 cm³/mol. The Balaban J connectivity index is 1.65. The topological polar surface area (TPSA) is 64.4 Å². The van der Waals surface area contributed by atoms with E-state index in [1.165, 1.54) is 0 Å². The molecule has 1 amide bonds. The van der Waals surface area contributed by atoms with Crippen LogP contribution in [0.5, 0.6) is 5.75 Å². The number of methoxy groups -OCH3 is 1. The van der Waals surface area contributed by atoms with Gasteiger partial charge in [0, 0.05) is 37.7 Å². The van der Waals surface area contributed by atoms with Gasteiger partial charge in [-0.2, -0.15) is 0 Å². The SMILES string of the molecule is COc1ccc(C)cc1CN(C)C(=O)c1ccc2c(=O)n3c(nc2c1)CCCCC3. The van der Waals surface area contributed by atoms with E-state index in [1.807, 2.05) is 25.1 Å². The molecule has 3 aromatic rings. The van der Waals surface area contributed by atoms with Crippen LogP contribution >= 0.6 is 0 Å². The molecule has 1 aromatic heterocycles. The second-order valence-corrected chi connectivity index (χ2v) is 8.00. The zero-order valence-electron chi connectivity index (χ0n) is 17.8. The molecule has 0 fully saturated rings. The van der Waals surface area contributed by atoms with Gasteiger partial charge < -0.3 is 9.64 Å². The molecule has 0 N–H and O–H groups in total. The van der Waals surface area contributed by atoms with E-state index in [0.29, 0.717) is 23.0 Å². The standard InChI is InChI=1S/C24H27N3O3/c1-16-8-11-21(30-3)18(13-16)15-26(2)23(28)17-9-10-19-20(14-17)25-22-7-5-4-6-12-27(22)24(19)29/h8-11,13-14H,4-7,12,15H2,1-3H3. The summed E-state index contributed by atoms with van der Waals surface area (Å²) in [6, 6.07) is 11.1. The number of fused-ring (bicyclic) bond motifs is 2. The third-order valence-corrected chi connectivity index (χ3v) is 5.75. The van der Waals surface area contributed by atoms with E-state index in [0.717, 1.165) is 54.9 Å². The molecule has 4 rings (SSSR count). The molecule has 6 nitrogen and oxygen atoms in total. The number of carbonyl (C=O) groups excluding carboxylic acids is 1. The van der Waals surface area contributed by atoms with Crippen molar-refractivity contribution in [2.24, 2.45) is 0 Å². The molecule has 0 saturated carbocycles. The number of carbonyl (C=O) groups is 1. The van der Waals surface area contributed by atoms with Crippen LogP contribution in [0, 0.1) is 6.92 Å². The Labute approximate surface area is 176 Å². The van der Waals surface area contributed by atoms with E-state index in [4.69, 9.17) is 9.72 Å². The van der Waals surface area contributed by atoms with Gasteiger partial charge in [-0.15, -0.1) is 0 Å². The number of aryl methyl sites for hydroxylation is 2. The van der Waals surface area contributed by atoms with Gasteiger partial charge in [0.05, 0.1) is 18.0 Å². The fourth-order valence-corrected chi connectivity index (χ4v) is 4.13. The normalized spacial score (nSPS) is 13.6. The largest absolute Gasteiger partial charge is 0.496 e. The summed E-state index contributed by atoms with van der Waals surface area (Å²) < 4.78 is 7.23. The van der Waals surface area contributed by atoms with E-state index in [9.17, 15) is 9.59 Å². The first-order valence-corrected chi connectivity index (χ1v) is 10.4. The number of rotatable bonds is 4. The summed E-state index contributed by atoms with van der Waals surface area (Å²) >= 11 is 0. The average molecular weight is 405 g/mol. The maximum Gasteiger partial charge on any atom is 0.261 e. The highest BCUT2D eigenvalue weighted by atomic mass is 16.5. The van der Waals surface area contributed by atoms with E-state index < -0.39 is 0 Å². The second kappa shape index (κ2) is 8.30. The lowest BCUT2D eigenvalue weighted by Gasteiger charge is -2.19. The van der Waals surface area contributed by atoms with Crippen molar-refractivity contribution in [2.45, 2.75) is 45.7 Å². The quantitative estimate of drug-likeness (QED) is 0.664. The molecule has 6 heteroatoms. The van der Waals surface area contributed by atoms with Gasteiger partial charge in [-0.1, -0.05) is 24.1 Å². The first-order valence-electron chi connectivity index (χ1n) is 10.4. The van der Waals surface area contributed by atoms with Crippen LogP contribution in [-0.4, -0.2) is 34.5 Å².